The van der Waals surface area contributed by atoms with Crippen molar-refractivity contribution >= 4 is 39.1 Å². The number of aryl methyl sites for hydroxylation is 2. The first-order valence-electron chi connectivity index (χ1n) is 7.86. The van der Waals surface area contributed by atoms with Gasteiger partial charge in [-0.25, -0.2) is 0 Å². The number of halogens is 1. The molecule has 2 amide bonds. The van der Waals surface area contributed by atoms with E-state index >= 15 is 0 Å². The van der Waals surface area contributed by atoms with Gasteiger partial charge in [0, 0.05) is 15.8 Å². The molecule has 2 aromatic carbocycles. The number of carbonyl (C=O) groups is 2. The zero-order valence-electron chi connectivity index (χ0n) is 13.7. The summed E-state index contributed by atoms with van der Waals surface area (Å²) in [5, 5.41) is 5.75. The van der Waals surface area contributed by atoms with E-state index in [1.807, 2.05) is 44.2 Å². The zero-order chi connectivity index (χ0) is 17.3. The molecule has 4 nitrogen and oxygen atoms in total. The first kappa shape index (κ1) is 16.7. The fraction of sp³-hybridized carbons (Fsp3) is 0.263. The fourth-order valence-electron chi connectivity index (χ4n) is 2.66. The summed E-state index contributed by atoms with van der Waals surface area (Å²) in [4.78, 5) is 25.2. The smallest absolute Gasteiger partial charge is 0.240 e. The highest BCUT2D eigenvalue weighted by Crippen LogP contribution is 2.47. The van der Waals surface area contributed by atoms with Crippen molar-refractivity contribution in [2.24, 2.45) is 5.41 Å². The molecule has 0 radical (unpaired) electrons. The standard InChI is InChI=1S/C19H19BrN2O2/c1-12-3-8-16(13(2)11-12)22-18(24)19(9-10-19)17(23)21-15-6-4-14(20)5-7-15/h3-8,11H,9-10H2,1-2H3,(H,21,23)(H,22,24). The minimum atomic E-state index is -0.954. The molecule has 0 saturated heterocycles. The molecule has 0 heterocycles. The Morgan fingerprint density at radius 3 is 2.17 bits per heavy atom. The van der Waals surface area contributed by atoms with Crippen molar-refractivity contribution in [3.63, 3.8) is 0 Å². The molecule has 1 aliphatic rings. The first-order chi connectivity index (χ1) is 11.4. The third-order valence-corrected chi connectivity index (χ3v) is 4.88. The van der Waals surface area contributed by atoms with Crippen LogP contribution in [0.1, 0.15) is 24.0 Å². The van der Waals surface area contributed by atoms with Crippen LogP contribution in [0, 0.1) is 19.3 Å². The van der Waals surface area contributed by atoms with Gasteiger partial charge >= 0.3 is 0 Å². The third kappa shape index (κ3) is 3.36. The van der Waals surface area contributed by atoms with Gasteiger partial charge in [0.25, 0.3) is 0 Å². The van der Waals surface area contributed by atoms with Gasteiger partial charge in [-0.3, -0.25) is 9.59 Å². The van der Waals surface area contributed by atoms with Gasteiger partial charge in [0.2, 0.25) is 11.8 Å². The van der Waals surface area contributed by atoms with Crippen LogP contribution in [-0.4, -0.2) is 11.8 Å². The Morgan fingerprint density at radius 2 is 1.58 bits per heavy atom. The second-order valence-electron chi connectivity index (χ2n) is 6.32. The minimum absolute atomic E-state index is 0.232. The van der Waals surface area contributed by atoms with Crippen LogP contribution in [-0.2, 0) is 9.59 Å². The molecule has 0 unspecified atom stereocenters. The van der Waals surface area contributed by atoms with Crippen molar-refractivity contribution in [3.8, 4) is 0 Å². The van der Waals surface area contributed by atoms with Crippen molar-refractivity contribution in [3.05, 3.63) is 58.1 Å². The lowest BCUT2D eigenvalue weighted by atomic mass is 10.0. The van der Waals surface area contributed by atoms with Crippen LogP contribution in [0.2, 0.25) is 0 Å². The van der Waals surface area contributed by atoms with Gasteiger partial charge in [0.1, 0.15) is 5.41 Å². The van der Waals surface area contributed by atoms with Crippen molar-refractivity contribution in [2.75, 3.05) is 10.6 Å². The van der Waals surface area contributed by atoms with E-state index in [9.17, 15) is 9.59 Å². The molecule has 3 rings (SSSR count). The Morgan fingerprint density at radius 1 is 0.958 bits per heavy atom. The van der Waals surface area contributed by atoms with Crippen molar-refractivity contribution in [2.45, 2.75) is 26.7 Å². The van der Waals surface area contributed by atoms with E-state index in [-0.39, 0.29) is 11.8 Å². The van der Waals surface area contributed by atoms with Crippen LogP contribution < -0.4 is 10.6 Å². The van der Waals surface area contributed by atoms with Crippen LogP contribution in [0.3, 0.4) is 0 Å². The van der Waals surface area contributed by atoms with E-state index in [0.717, 1.165) is 21.3 Å². The summed E-state index contributed by atoms with van der Waals surface area (Å²) in [5.74, 6) is -0.476. The monoisotopic (exact) mass is 386 g/mol. The number of benzene rings is 2. The lowest BCUT2D eigenvalue weighted by Crippen LogP contribution is -2.35. The van der Waals surface area contributed by atoms with E-state index in [1.54, 1.807) is 12.1 Å². The van der Waals surface area contributed by atoms with Gasteiger partial charge < -0.3 is 10.6 Å². The quantitative estimate of drug-likeness (QED) is 0.763. The molecule has 124 valence electrons. The van der Waals surface area contributed by atoms with Crippen molar-refractivity contribution < 1.29 is 9.59 Å². The van der Waals surface area contributed by atoms with Crippen molar-refractivity contribution in [1.82, 2.24) is 0 Å². The van der Waals surface area contributed by atoms with Crippen LogP contribution in [0.15, 0.2) is 46.9 Å². The van der Waals surface area contributed by atoms with Crippen LogP contribution >= 0.6 is 15.9 Å². The van der Waals surface area contributed by atoms with Gasteiger partial charge in [-0.15, -0.1) is 0 Å². The van der Waals surface area contributed by atoms with Gasteiger partial charge in [0.05, 0.1) is 0 Å². The summed E-state index contributed by atoms with van der Waals surface area (Å²) in [5.41, 5.74) is 2.62. The van der Waals surface area contributed by atoms with Crippen molar-refractivity contribution in [1.29, 1.82) is 0 Å². The zero-order valence-corrected chi connectivity index (χ0v) is 15.2. The predicted octanol–water partition coefficient (Wildman–Crippen LogP) is 4.42. The van der Waals surface area contributed by atoms with Crippen LogP contribution in [0.4, 0.5) is 11.4 Å². The SMILES string of the molecule is Cc1ccc(NC(=O)C2(C(=O)Nc3ccc(Br)cc3)CC2)c(C)c1. The fourth-order valence-corrected chi connectivity index (χ4v) is 2.93. The second-order valence-corrected chi connectivity index (χ2v) is 7.23. The molecule has 0 aromatic heterocycles. The van der Waals surface area contributed by atoms with E-state index < -0.39 is 5.41 Å². The molecule has 2 aromatic rings. The average Bonchev–Trinajstić information content (AvgIpc) is 3.34. The molecule has 5 heteroatoms. The molecule has 1 aliphatic carbocycles. The Bertz CT molecular complexity index is 796. The highest BCUT2D eigenvalue weighted by atomic mass is 79.9. The normalized spacial score (nSPS) is 14.8. The summed E-state index contributed by atoms with van der Waals surface area (Å²) < 4.78 is 0.939. The van der Waals surface area contributed by atoms with Crippen LogP contribution in [0.25, 0.3) is 0 Å². The summed E-state index contributed by atoms with van der Waals surface area (Å²) >= 11 is 3.36. The van der Waals surface area contributed by atoms with E-state index in [2.05, 4.69) is 26.6 Å². The third-order valence-electron chi connectivity index (χ3n) is 4.35. The summed E-state index contributed by atoms with van der Waals surface area (Å²) in [6, 6.07) is 13.2. The Balaban J connectivity index is 1.71. The topological polar surface area (TPSA) is 58.2 Å². The molecule has 0 spiro atoms. The summed E-state index contributed by atoms with van der Waals surface area (Å²) in [6.07, 6.45) is 1.15. The van der Waals surface area contributed by atoms with E-state index in [4.69, 9.17) is 0 Å². The molecule has 2 N–H and O–H groups in total. The number of nitrogens with one attached hydrogen (secondary N) is 2. The van der Waals surface area contributed by atoms with Gasteiger partial charge in [-0.05, 0) is 62.6 Å². The number of amides is 2. The molecular formula is C19H19BrN2O2. The maximum Gasteiger partial charge on any atom is 0.240 e. The molecule has 0 aliphatic heterocycles. The second kappa shape index (κ2) is 6.40. The maximum atomic E-state index is 12.6. The largest absolute Gasteiger partial charge is 0.325 e. The summed E-state index contributed by atoms with van der Waals surface area (Å²) in [7, 11) is 0. The minimum Gasteiger partial charge on any atom is -0.325 e. The Labute approximate surface area is 149 Å². The molecule has 0 atom stereocenters. The number of hydrogen-bond donors (Lipinski definition) is 2. The van der Waals surface area contributed by atoms with Gasteiger partial charge in [0.15, 0.2) is 0 Å². The highest BCUT2D eigenvalue weighted by Gasteiger charge is 2.56. The lowest BCUT2D eigenvalue weighted by Gasteiger charge is -2.17. The number of hydrogen-bond acceptors (Lipinski definition) is 2. The van der Waals surface area contributed by atoms with E-state index in [0.29, 0.717) is 18.5 Å². The lowest BCUT2D eigenvalue weighted by molar-refractivity contribution is -0.131. The Kier molecular flexibility index (Phi) is 4.45. The highest BCUT2D eigenvalue weighted by molar-refractivity contribution is 9.10. The Hall–Kier alpha value is -2.14. The number of rotatable bonds is 4. The molecule has 1 saturated carbocycles. The molecule has 0 bridgehead atoms. The molecule has 24 heavy (non-hydrogen) atoms. The summed E-state index contributed by atoms with van der Waals surface area (Å²) in [6.45, 7) is 3.96. The first-order valence-corrected chi connectivity index (χ1v) is 8.66. The van der Waals surface area contributed by atoms with Crippen LogP contribution in [0.5, 0.6) is 0 Å². The molecule has 1 fully saturated rings. The molecular weight excluding hydrogens is 368 g/mol. The average molecular weight is 387 g/mol. The van der Waals surface area contributed by atoms with E-state index in [1.165, 1.54) is 0 Å². The van der Waals surface area contributed by atoms with Gasteiger partial charge in [-0.2, -0.15) is 0 Å². The predicted molar refractivity (Wildman–Crippen MR) is 99.0 cm³/mol. The number of anilines is 2. The number of carbonyl (C=O) groups excluding carboxylic acids is 2. The van der Waals surface area contributed by atoms with Gasteiger partial charge in [-0.1, -0.05) is 33.6 Å². The maximum absolute atomic E-state index is 12.6.